The number of benzene rings is 2. The topological polar surface area (TPSA) is 79.1 Å². The van der Waals surface area contributed by atoms with Crippen molar-refractivity contribution in [3.8, 4) is 11.5 Å². The van der Waals surface area contributed by atoms with Crippen LogP contribution >= 0.6 is 11.3 Å². The maximum atomic E-state index is 13.6. The molecule has 9 heteroatoms. The number of aromatic nitrogens is 1. The largest absolute Gasteiger partial charge is 0.493 e. The molecule has 0 radical (unpaired) electrons. The second kappa shape index (κ2) is 10.1. The summed E-state index contributed by atoms with van der Waals surface area (Å²) in [5.41, 5.74) is 1.65. The molecule has 1 atom stereocenters. The zero-order chi connectivity index (χ0) is 25.1. The molecule has 0 aliphatic carbocycles. The van der Waals surface area contributed by atoms with Crippen LogP contribution in [0.25, 0.3) is 6.08 Å². The standard InChI is InChI=1S/C26H23FN2O5S/c1-5-12-34-19-11-8-17(14-20(19)32-3)23-22(25(31)33-4)15(2)28-26-29(23)24(30)21(35-26)13-16-6-9-18(27)10-7-16/h5-11,13-14,23H,1,12H2,2-4H3. The second-order valence-corrected chi connectivity index (χ2v) is 8.64. The van der Waals surface area contributed by atoms with Crippen molar-refractivity contribution in [1.82, 2.24) is 4.57 Å². The van der Waals surface area contributed by atoms with Crippen molar-refractivity contribution in [1.29, 1.82) is 0 Å². The van der Waals surface area contributed by atoms with Gasteiger partial charge in [-0.1, -0.05) is 42.2 Å². The number of halogens is 1. The van der Waals surface area contributed by atoms with Crippen molar-refractivity contribution in [2.75, 3.05) is 20.8 Å². The molecule has 4 rings (SSSR count). The van der Waals surface area contributed by atoms with Gasteiger partial charge < -0.3 is 14.2 Å². The summed E-state index contributed by atoms with van der Waals surface area (Å²) in [7, 11) is 2.79. The Kier molecular flexibility index (Phi) is 6.97. The Morgan fingerprint density at radius 3 is 2.60 bits per heavy atom. The number of ether oxygens (including phenoxy) is 3. The molecule has 180 valence electrons. The van der Waals surface area contributed by atoms with Crippen LogP contribution in [0.4, 0.5) is 4.39 Å². The van der Waals surface area contributed by atoms with Gasteiger partial charge in [0.2, 0.25) is 0 Å². The first kappa shape index (κ1) is 24.2. The van der Waals surface area contributed by atoms with Crippen LogP contribution in [-0.4, -0.2) is 31.4 Å². The first-order chi connectivity index (χ1) is 16.9. The molecule has 1 aliphatic rings. The lowest BCUT2D eigenvalue weighted by Gasteiger charge is -2.25. The quantitative estimate of drug-likeness (QED) is 0.373. The lowest BCUT2D eigenvalue weighted by molar-refractivity contribution is -0.136. The molecule has 3 aromatic rings. The van der Waals surface area contributed by atoms with Gasteiger partial charge in [0, 0.05) is 0 Å². The van der Waals surface area contributed by atoms with Gasteiger partial charge in [-0.25, -0.2) is 14.2 Å². The van der Waals surface area contributed by atoms with E-state index in [0.717, 1.165) is 0 Å². The molecule has 0 spiro atoms. The van der Waals surface area contributed by atoms with E-state index in [9.17, 15) is 14.0 Å². The number of hydrogen-bond acceptors (Lipinski definition) is 7. The number of esters is 1. The van der Waals surface area contributed by atoms with Gasteiger partial charge >= 0.3 is 5.97 Å². The third kappa shape index (κ3) is 4.67. The minimum atomic E-state index is -0.795. The number of hydrogen-bond donors (Lipinski definition) is 0. The molecule has 0 saturated heterocycles. The van der Waals surface area contributed by atoms with E-state index in [1.807, 2.05) is 0 Å². The van der Waals surface area contributed by atoms with Gasteiger partial charge in [0.15, 0.2) is 16.3 Å². The van der Waals surface area contributed by atoms with Gasteiger partial charge in [0.1, 0.15) is 12.4 Å². The van der Waals surface area contributed by atoms with Crippen molar-refractivity contribution in [3.05, 3.63) is 103 Å². The number of allylic oxidation sites excluding steroid dienone is 1. The third-order valence-electron chi connectivity index (χ3n) is 5.45. The van der Waals surface area contributed by atoms with E-state index in [2.05, 4.69) is 11.6 Å². The van der Waals surface area contributed by atoms with Crippen LogP contribution < -0.4 is 24.4 Å². The molecule has 1 unspecified atom stereocenters. The SMILES string of the molecule is C=CCOc1ccc(C2C(C(=O)OC)=C(C)N=c3sc(=Cc4ccc(F)cc4)c(=O)n32)cc1OC. The lowest BCUT2D eigenvalue weighted by Crippen LogP contribution is -2.39. The molecular weight excluding hydrogens is 471 g/mol. The Morgan fingerprint density at radius 1 is 1.20 bits per heavy atom. The molecule has 2 aromatic carbocycles. The van der Waals surface area contributed by atoms with Crippen LogP contribution in [0.2, 0.25) is 0 Å². The highest BCUT2D eigenvalue weighted by atomic mass is 32.1. The summed E-state index contributed by atoms with van der Waals surface area (Å²) in [6.45, 7) is 5.64. The van der Waals surface area contributed by atoms with Gasteiger partial charge in [0.25, 0.3) is 5.56 Å². The molecular formula is C26H23FN2O5S. The third-order valence-corrected chi connectivity index (χ3v) is 6.44. The zero-order valence-corrected chi connectivity index (χ0v) is 20.2. The highest BCUT2D eigenvalue weighted by Crippen LogP contribution is 2.36. The Bertz CT molecular complexity index is 1500. The summed E-state index contributed by atoms with van der Waals surface area (Å²) < 4.78 is 31.4. The van der Waals surface area contributed by atoms with Crippen LogP contribution in [0.15, 0.2) is 76.2 Å². The van der Waals surface area contributed by atoms with Crippen molar-refractivity contribution in [3.63, 3.8) is 0 Å². The number of carbonyl (C=O) groups excluding carboxylic acids is 1. The lowest BCUT2D eigenvalue weighted by atomic mass is 9.95. The van der Waals surface area contributed by atoms with E-state index in [4.69, 9.17) is 14.2 Å². The fraction of sp³-hybridized carbons (Fsp3) is 0.192. The molecule has 0 bridgehead atoms. The minimum Gasteiger partial charge on any atom is -0.493 e. The maximum absolute atomic E-state index is 13.6. The number of rotatable bonds is 7. The molecule has 0 N–H and O–H groups in total. The molecule has 1 aliphatic heterocycles. The monoisotopic (exact) mass is 494 g/mol. The number of nitrogens with zero attached hydrogens (tertiary/aromatic N) is 2. The minimum absolute atomic E-state index is 0.245. The van der Waals surface area contributed by atoms with Crippen LogP contribution in [0, 0.1) is 5.82 Å². The average molecular weight is 495 g/mol. The normalized spacial score (nSPS) is 15.3. The van der Waals surface area contributed by atoms with Crippen molar-refractivity contribution < 1.29 is 23.4 Å². The fourth-order valence-corrected chi connectivity index (χ4v) is 4.89. The molecule has 1 aromatic heterocycles. The van der Waals surface area contributed by atoms with Crippen LogP contribution in [0.5, 0.6) is 11.5 Å². The van der Waals surface area contributed by atoms with Crippen LogP contribution in [0.1, 0.15) is 24.1 Å². The Morgan fingerprint density at radius 2 is 1.94 bits per heavy atom. The van der Waals surface area contributed by atoms with Crippen molar-refractivity contribution >= 4 is 23.4 Å². The van der Waals surface area contributed by atoms with Crippen LogP contribution in [-0.2, 0) is 9.53 Å². The van der Waals surface area contributed by atoms with E-state index >= 15 is 0 Å². The summed E-state index contributed by atoms with van der Waals surface area (Å²) >= 11 is 1.19. The smallest absolute Gasteiger partial charge is 0.338 e. The number of thiazole rings is 1. The molecule has 0 saturated carbocycles. The Balaban J connectivity index is 1.93. The summed E-state index contributed by atoms with van der Waals surface area (Å²) in [6.07, 6.45) is 3.29. The van der Waals surface area contributed by atoms with Gasteiger partial charge in [-0.15, -0.1) is 0 Å². The zero-order valence-electron chi connectivity index (χ0n) is 19.4. The van der Waals surface area contributed by atoms with Crippen molar-refractivity contribution in [2.45, 2.75) is 13.0 Å². The summed E-state index contributed by atoms with van der Waals surface area (Å²) in [5, 5.41) is 0. The van der Waals surface area contributed by atoms with E-state index in [1.54, 1.807) is 49.4 Å². The van der Waals surface area contributed by atoms with Crippen LogP contribution in [0.3, 0.4) is 0 Å². The molecule has 7 nitrogen and oxygen atoms in total. The van der Waals surface area contributed by atoms with E-state index in [1.165, 1.54) is 42.3 Å². The predicted octanol–water partition coefficient (Wildman–Crippen LogP) is 3.12. The van der Waals surface area contributed by atoms with E-state index < -0.39 is 12.0 Å². The van der Waals surface area contributed by atoms with E-state index in [0.29, 0.717) is 44.3 Å². The molecule has 0 amide bonds. The Hall–Kier alpha value is -3.98. The fourth-order valence-electron chi connectivity index (χ4n) is 3.84. The van der Waals surface area contributed by atoms with E-state index in [-0.39, 0.29) is 16.9 Å². The van der Waals surface area contributed by atoms with Crippen molar-refractivity contribution in [2.24, 2.45) is 4.99 Å². The highest BCUT2D eigenvalue weighted by Gasteiger charge is 2.33. The first-order valence-electron chi connectivity index (χ1n) is 10.7. The Labute approximate surface area is 204 Å². The highest BCUT2D eigenvalue weighted by molar-refractivity contribution is 7.07. The van der Waals surface area contributed by atoms with Gasteiger partial charge in [-0.3, -0.25) is 9.36 Å². The second-order valence-electron chi connectivity index (χ2n) is 7.63. The van der Waals surface area contributed by atoms with Gasteiger partial charge in [-0.2, -0.15) is 0 Å². The number of fused-ring (bicyclic) bond motifs is 1. The predicted molar refractivity (Wildman–Crippen MR) is 131 cm³/mol. The average Bonchev–Trinajstić information content (AvgIpc) is 3.16. The summed E-state index contributed by atoms with van der Waals surface area (Å²) in [6, 6.07) is 10.2. The first-order valence-corrected chi connectivity index (χ1v) is 11.5. The van der Waals surface area contributed by atoms with Gasteiger partial charge in [-0.05, 0) is 48.4 Å². The molecule has 2 heterocycles. The number of carbonyl (C=O) groups is 1. The van der Waals surface area contributed by atoms with Gasteiger partial charge in [0.05, 0.1) is 36.1 Å². The molecule has 0 fully saturated rings. The molecule has 35 heavy (non-hydrogen) atoms. The number of methoxy groups -OCH3 is 2. The maximum Gasteiger partial charge on any atom is 0.338 e. The summed E-state index contributed by atoms with van der Waals surface area (Å²) in [5.74, 6) is -0.0109. The summed E-state index contributed by atoms with van der Waals surface area (Å²) in [4.78, 5) is 31.3.